The van der Waals surface area contributed by atoms with Crippen molar-refractivity contribution in [3.8, 4) is 0 Å². The van der Waals surface area contributed by atoms with E-state index in [0.29, 0.717) is 0 Å². The lowest BCUT2D eigenvalue weighted by molar-refractivity contribution is 0.432. The van der Waals surface area contributed by atoms with Crippen LogP contribution in [0.4, 0.5) is 0 Å². The molecule has 1 unspecified atom stereocenters. The molecule has 0 fully saturated rings. The van der Waals surface area contributed by atoms with Crippen LogP contribution in [0.3, 0.4) is 0 Å². The maximum absolute atomic E-state index is 5.58. The Kier molecular flexibility index (Phi) is 2.55. The summed E-state index contributed by atoms with van der Waals surface area (Å²) < 4.78 is 7.32. The van der Waals surface area contributed by atoms with Gasteiger partial charge in [0, 0.05) is 7.05 Å². The molecule has 15 heavy (non-hydrogen) atoms. The van der Waals surface area contributed by atoms with Gasteiger partial charge in [0.25, 0.3) is 0 Å². The monoisotopic (exact) mass is 206 g/mol. The zero-order valence-electron chi connectivity index (χ0n) is 9.06. The number of aromatic nitrogens is 3. The molecule has 0 aromatic carbocycles. The van der Waals surface area contributed by atoms with E-state index in [-0.39, 0.29) is 6.04 Å². The first-order chi connectivity index (χ1) is 7.22. The maximum Gasteiger partial charge on any atom is 0.127 e. The number of rotatable bonds is 3. The van der Waals surface area contributed by atoms with E-state index in [4.69, 9.17) is 4.42 Å². The predicted octanol–water partition coefficient (Wildman–Crippen LogP) is 1.03. The summed E-state index contributed by atoms with van der Waals surface area (Å²) in [5, 5.41) is 10.9. The minimum atomic E-state index is -0.00120. The molecule has 2 rings (SSSR count). The molecule has 0 spiro atoms. The van der Waals surface area contributed by atoms with Crippen LogP contribution in [-0.2, 0) is 7.05 Å². The van der Waals surface area contributed by atoms with Gasteiger partial charge in [-0.1, -0.05) is 5.21 Å². The number of nitrogens with zero attached hydrogens (tertiary/aromatic N) is 3. The van der Waals surface area contributed by atoms with Gasteiger partial charge in [0.15, 0.2) is 0 Å². The molecule has 0 aliphatic heterocycles. The van der Waals surface area contributed by atoms with Crippen molar-refractivity contribution in [3.05, 3.63) is 35.5 Å². The zero-order valence-corrected chi connectivity index (χ0v) is 9.06. The summed E-state index contributed by atoms with van der Waals surface area (Å²) in [6.45, 7) is 1.93. The third-order valence-electron chi connectivity index (χ3n) is 2.38. The van der Waals surface area contributed by atoms with Crippen LogP contribution in [-0.4, -0.2) is 22.0 Å². The molecule has 2 aromatic rings. The maximum atomic E-state index is 5.58. The summed E-state index contributed by atoms with van der Waals surface area (Å²) in [4.78, 5) is 0. The van der Waals surface area contributed by atoms with Crippen molar-refractivity contribution in [2.75, 3.05) is 7.05 Å². The van der Waals surface area contributed by atoms with Crippen LogP contribution in [0.15, 0.2) is 22.7 Å². The van der Waals surface area contributed by atoms with E-state index >= 15 is 0 Å². The predicted molar refractivity (Wildman–Crippen MR) is 55.4 cm³/mol. The standard InChI is InChI=1S/C10H14N4O/c1-7-4-5-9(15-7)10(11-2)8-6-12-13-14(8)3/h4-6,10-11H,1-3H3. The van der Waals surface area contributed by atoms with Gasteiger partial charge in [0.05, 0.1) is 11.9 Å². The number of hydrogen-bond acceptors (Lipinski definition) is 4. The van der Waals surface area contributed by atoms with Crippen LogP contribution in [0.2, 0.25) is 0 Å². The third-order valence-corrected chi connectivity index (χ3v) is 2.38. The van der Waals surface area contributed by atoms with Crippen molar-refractivity contribution >= 4 is 0 Å². The second-order valence-electron chi connectivity index (χ2n) is 3.45. The van der Waals surface area contributed by atoms with E-state index in [2.05, 4.69) is 15.6 Å². The molecule has 5 heteroatoms. The van der Waals surface area contributed by atoms with Crippen LogP contribution in [0.1, 0.15) is 23.3 Å². The minimum absolute atomic E-state index is 0.00120. The highest BCUT2D eigenvalue weighted by Crippen LogP contribution is 2.22. The highest BCUT2D eigenvalue weighted by molar-refractivity contribution is 5.19. The van der Waals surface area contributed by atoms with Gasteiger partial charge in [-0.3, -0.25) is 4.68 Å². The van der Waals surface area contributed by atoms with Crippen LogP contribution < -0.4 is 5.32 Å². The van der Waals surface area contributed by atoms with Crippen molar-refractivity contribution in [1.82, 2.24) is 20.3 Å². The van der Waals surface area contributed by atoms with Crippen molar-refractivity contribution in [2.45, 2.75) is 13.0 Å². The average molecular weight is 206 g/mol. The third kappa shape index (κ3) is 1.78. The fourth-order valence-corrected chi connectivity index (χ4v) is 1.60. The Hall–Kier alpha value is -1.62. The van der Waals surface area contributed by atoms with Crippen LogP contribution >= 0.6 is 0 Å². The molecule has 0 saturated carbocycles. The lowest BCUT2D eigenvalue weighted by Gasteiger charge is -2.12. The number of nitrogens with one attached hydrogen (secondary N) is 1. The SMILES string of the molecule is CNC(c1ccc(C)o1)c1cnnn1C. The molecule has 0 radical (unpaired) electrons. The second kappa shape index (κ2) is 3.86. The highest BCUT2D eigenvalue weighted by atomic mass is 16.3. The summed E-state index contributed by atoms with van der Waals surface area (Å²) >= 11 is 0. The molecule has 80 valence electrons. The Labute approximate surface area is 88.1 Å². The number of furan rings is 1. The Morgan fingerprint density at radius 3 is 2.73 bits per heavy atom. The fraction of sp³-hybridized carbons (Fsp3) is 0.400. The van der Waals surface area contributed by atoms with Gasteiger partial charge in [0.2, 0.25) is 0 Å². The lowest BCUT2D eigenvalue weighted by Crippen LogP contribution is -2.20. The van der Waals surface area contributed by atoms with Crippen molar-refractivity contribution in [2.24, 2.45) is 7.05 Å². The first-order valence-electron chi connectivity index (χ1n) is 4.80. The largest absolute Gasteiger partial charge is 0.464 e. The van der Waals surface area contributed by atoms with Crippen molar-refractivity contribution < 1.29 is 4.42 Å². The summed E-state index contributed by atoms with van der Waals surface area (Å²) in [6.07, 6.45) is 1.74. The van der Waals surface area contributed by atoms with Gasteiger partial charge in [0.1, 0.15) is 17.6 Å². The first-order valence-corrected chi connectivity index (χ1v) is 4.80. The highest BCUT2D eigenvalue weighted by Gasteiger charge is 2.18. The Morgan fingerprint density at radius 1 is 1.47 bits per heavy atom. The molecular weight excluding hydrogens is 192 g/mol. The molecule has 5 nitrogen and oxygen atoms in total. The summed E-state index contributed by atoms with van der Waals surface area (Å²) in [6, 6.07) is 3.91. The topological polar surface area (TPSA) is 55.9 Å². The summed E-state index contributed by atoms with van der Waals surface area (Å²) in [5.74, 6) is 1.78. The molecule has 2 heterocycles. The molecule has 1 N–H and O–H groups in total. The first kappa shape index (κ1) is 9.92. The van der Waals surface area contributed by atoms with Crippen LogP contribution in [0.25, 0.3) is 0 Å². The average Bonchev–Trinajstić information content (AvgIpc) is 2.79. The van der Waals surface area contributed by atoms with E-state index in [9.17, 15) is 0 Å². The lowest BCUT2D eigenvalue weighted by atomic mass is 10.1. The molecule has 0 amide bonds. The molecule has 0 aliphatic rings. The Bertz CT molecular complexity index is 446. The van der Waals surface area contributed by atoms with E-state index in [0.717, 1.165) is 17.2 Å². The fourth-order valence-electron chi connectivity index (χ4n) is 1.60. The summed E-state index contributed by atoms with van der Waals surface area (Å²) in [7, 11) is 3.75. The van der Waals surface area contributed by atoms with E-state index in [1.165, 1.54) is 0 Å². The van der Waals surface area contributed by atoms with Crippen molar-refractivity contribution in [3.63, 3.8) is 0 Å². The molecule has 0 aliphatic carbocycles. The molecule has 0 bridgehead atoms. The van der Waals surface area contributed by atoms with Crippen LogP contribution in [0, 0.1) is 6.92 Å². The molecule has 2 aromatic heterocycles. The second-order valence-corrected chi connectivity index (χ2v) is 3.45. The molecular formula is C10H14N4O. The van der Waals surface area contributed by atoms with Crippen LogP contribution in [0.5, 0.6) is 0 Å². The van der Waals surface area contributed by atoms with E-state index in [1.807, 2.05) is 33.2 Å². The zero-order chi connectivity index (χ0) is 10.8. The molecule has 1 atom stereocenters. The Balaban J connectivity index is 2.36. The molecule has 0 saturated heterocycles. The van der Waals surface area contributed by atoms with E-state index in [1.54, 1.807) is 10.9 Å². The summed E-state index contributed by atoms with van der Waals surface area (Å²) in [5.41, 5.74) is 0.979. The van der Waals surface area contributed by atoms with Gasteiger partial charge in [-0.2, -0.15) is 0 Å². The van der Waals surface area contributed by atoms with Gasteiger partial charge < -0.3 is 9.73 Å². The smallest absolute Gasteiger partial charge is 0.127 e. The van der Waals surface area contributed by atoms with E-state index < -0.39 is 0 Å². The Morgan fingerprint density at radius 2 is 2.27 bits per heavy atom. The van der Waals surface area contributed by atoms with Crippen molar-refractivity contribution in [1.29, 1.82) is 0 Å². The van der Waals surface area contributed by atoms with Gasteiger partial charge >= 0.3 is 0 Å². The van der Waals surface area contributed by atoms with Gasteiger partial charge in [-0.15, -0.1) is 5.10 Å². The number of aryl methyl sites for hydroxylation is 2. The normalized spacial score (nSPS) is 13.0. The number of hydrogen-bond donors (Lipinski definition) is 1. The quantitative estimate of drug-likeness (QED) is 0.814. The minimum Gasteiger partial charge on any atom is -0.464 e. The van der Waals surface area contributed by atoms with Gasteiger partial charge in [-0.05, 0) is 26.1 Å². The van der Waals surface area contributed by atoms with Gasteiger partial charge in [-0.25, -0.2) is 0 Å².